The van der Waals surface area contributed by atoms with Gasteiger partial charge in [-0.2, -0.15) is 11.8 Å². The number of thioether (sulfide) groups is 1. The second kappa shape index (κ2) is 11.4. The molecular formula is C18H29Cl2N3O2S. The first-order valence-corrected chi connectivity index (χ1v) is 9.85. The molecule has 2 fully saturated rings. The molecule has 2 aliphatic heterocycles. The van der Waals surface area contributed by atoms with E-state index in [1.807, 2.05) is 30.8 Å². The minimum Gasteiger partial charge on any atom is -0.375 e. The molecule has 3 rings (SSSR count). The zero-order chi connectivity index (χ0) is 16.9. The van der Waals surface area contributed by atoms with Gasteiger partial charge in [0.1, 0.15) is 6.04 Å². The third kappa shape index (κ3) is 6.01. The van der Waals surface area contributed by atoms with Gasteiger partial charge < -0.3 is 15.4 Å². The van der Waals surface area contributed by atoms with Crippen LogP contribution in [0.25, 0.3) is 0 Å². The maximum absolute atomic E-state index is 12.6. The molecule has 0 aromatic heterocycles. The summed E-state index contributed by atoms with van der Waals surface area (Å²) in [5.41, 5.74) is 3.36. The highest BCUT2D eigenvalue weighted by molar-refractivity contribution is 7.99. The van der Waals surface area contributed by atoms with Crippen molar-refractivity contribution in [2.24, 2.45) is 0 Å². The number of benzene rings is 1. The standard InChI is InChI=1S/C18H27N3O2S.2ClH/c1-13-15(12-21-7-10-24-11-8-21)4-3-5-16(13)20-18(22)17-14(2)23-9-6-19-17;;/h3-5,14,17,19H,6-12H2,1-2H3,(H,20,22);2*1H/t14-,17+;;/m1../s1. The summed E-state index contributed by atoms with van der Waals surface area (Å²) in [6.45, 7) is 8.65. The van der Waals surface area contributed by atoms with E-state index in [4.69, 9.17) is 4.74 Å². The number of carbonyl (C=O) groups excluding carboxylic acids is 1. The van der Waals surface area contributed by atoms with Crippen LogP contribution in [0.15, 0.2) is 18.2 Å². The number of anilines is 1. The van der Waals surface area contributed by atoms with Crippen molar-refractivity contribution in [3.8, 4) is 0 Å². The number of hydrogen-bond acceptors (Lipinski definition) is 5. The number of nitrogens with one attached hydrogen (secondary N) is 2. The molecular weight excluding hydrogens is 393 g/mol. The van der Waals surface area contributed by atoms with Crippen LogP contribution in [0.5, 0.6) is 0 Å². The van der Waals surface area contributed by atoms with Crippen LogP contribution >= 0.6 is 36.6 Å². The quantitative estimate of drug-likeness (QED) is 0.782. The molecule has 0 bridgehead atoms. The Morgan fingerprint density at radius 2 is 2.08 bits per heavy atom. The van der Waals surface area contributed by atoms with Crippen LogP contribution in [0.4, 0.5) is 5.69 Å². The normalized spacial score (nSPS) is 23.5. The zero-order valence-electron chi connectivity index (χ0n) is 15.3. The summed E-state index contributed by atoms with van der Waals surface area (Å²) in [6, 6.07) is 5.89. The highest BCUT2D eigenvalue weighted by Crippen LogP contribution is 2.22. The third-order valence-electron chi connectivity index (χ3n) is 4.80. The molecule has 1 amide bonds. The van der Waals surface area contributed by atoms with E-state index in [1.165, 1.54) is 17.1 Å². The average molecular weight is 422 g/mol. The van der Waals surface area contributed by atoms with E-state index in [2.05, 4.69) is 28.5 Å². The van der Waals surface area contributed by atoms with Crippen molar-refractivity contribution in [1.29, 1.82) is 0 Å². The van der Waals surface area contributed by atoms with E-state index in [-0.39, 0.29) is 42.9 Å². The van der Waals surface area contributed by atoms with Crippen LogP contribution in [0.3, 0.4) is 0 Å². The number of nitrogens with zero attached hydrogens (tertiary/aromatic N) is 1. The Morgan fingerprint density at radius 3 is 2.77 bits per heavy atom. The van der Waals surface area contributed by atoms with Gasteiger partial charge in [-0.15, -0.1) is 24.8 Å². The van der Waals surface area contributed by atoms with Gasteiger partial charge in [0, 0.05) is 43.4 Å². The summed E-state index contributed by atoms with van der Waals surface area (Å²) in [5, 5.41) is 6.32. The fraction of sp³-hybridized carbons (Fsp3) is 0.611. The van der Waals surface area contributed by atoms with Crippen molar-refractivity contribution in [1.82, 2.24) is 10.2 Å². The van der Waals surface area contributed by atoms with Gasteiger partial charge in [-0.05, 0) is 31.0 Å². The maximum atomic E-state index is 12.6. The summed E-state index contributed by atoms with van der Waals surface area (Å²) in [4.78, 5) is 15.1. The Bertz CT molecular complexity index is 586. The van der Waals surface area contributed by atoms with E-state index < -0.39 is 0 Å². The Hall–Kier alpha value is -0.500. The van der Waals surface area contributed by atoms with Crippen LogP contribution < -0.4 is 10.6 Å². The molecule has 2 heterocycles. The SMILES string of the molecule is Cc1c(CN2CCSCC2)cccc1NC(=O)[C@H]1NCCO[C@@H]1C.Cl.Cl. The van der Waals surface area contributed by atoms with Crippen LogP contribution in [-0.4, -0.2) is 60.7 Å². The van der Waals surface area contributed by atoms with Crippen LogP contribution in [0.1, 0.15) is 18.1 Å². The second-order valence-electron chi connectivity index (χ2n) is 6.48. The lowest BCUT2D eigenvalue weighted by molar-refractivity contribution is -0.123. The molecule has 0 saturated carbocycles. The monoisotopic (exact) mass is 421 g/mol. The molecule has 8 heteroatoms. The van der Waals surface area contributed by atoms with E-state index in [0.29, 0.717) is 13.2 Å². The smallest absolute Gasteiger partial charge is 0.244 e. The fourth-order valence-electron chi connectivity index (χ4n) is 3.23. The largest absolute Gasteiger partial charge is 0.375 e. The van der Waals surface area contributed by atoms with Gasteiger partial charge in [-0.3, -0.25) is 9.69 Å². The number of ether oxygens (including phenoxy) is 1. The van der Waals surface area contributed by atoms with Crippen LogP contribution in [0, 0.1) is 6.92 Å². The average Bonchev–Trinajstić information content (AvgIpc) is 2.60. The van der Waals surface area contributed by atoms with Gasteiger partial charge in [-0.1, -0.05) is 12.1 Å². The summed E-state index contributed by atoms with van der Waals surface area (Å²) >= 11 is 2.02. The Kier molecular flexibility index (Phi) is 10.3. The highest BCUT2D eigenvalue weighted by atomic mass is 35.5. The molecule has 26 heavy (non-hydrogen) atoms. The molecule has 0 aliphatic carbocycles. The Morgan fingerprint density at radius 1 is 1.35 bits per heavy atom. The lowest BCUT2D eigenvalue weighted by Gasteiger charge is -2.30. The predicted octanol–water partition coefficient (Wildman–Crippen LogP) is 2.70. The van der Waals surface area contributed by atoms with Crippen LogP contribution in [-0.2, 0) is 16.1 Å². The van der Waals surface area contributed by atoms with Crippen molar-refractivity contribution in [2.75, 3.05) is 43.1 Å². The van der Waals surface area contributed by atoms with Gasteiger partial charge in [0.05, 0.1) is 12.7 Å². The maximum Gasteiger partial charge on any atom is 0.244 e. The van der Waals surface area contributed by atoms with Crippen molar-refractivity contribution >= 4 is 48.2 Å². The van der Waals surface area contributed by atoms with Gasteiger partial charge in [0.2, 0.25) is 5.91 Å². The van der Waals surface area contributed by atoms with Crippen molar-refractivity contribution in [3.63, 3.8) is 0 Å². The fourth-order valence-corrected chi connectivity index (χ4v) is 4.21. The minimum absolute atomic E-state index is 0. The summed E-state index contributed by atoms with van der Waals surface area (Å²) in [7, 11) is 0. The predicted molar refractivity (Wildman–Crippen MR) is 114 cm³/mol. The number of hydrogen-bond donors (Lipinski definition) is 2. The first-order valence-electron chi connectivity index (χ1n) is 8.69. The summed E-state index contributed by atoms with van der Waals surface area (Å²) < 4.78 is 5.57. The molecule has 0 unspecified atom stereocenters. The molecule has 2 atom stereocenters. The number of morpholine rings is 1. The molecule has 0 radical (unpaired) electrons. The van der Waals surface area contributed by atoms with Gasteiger partial charge in [-0.25, -0.2) is 0 Å². The summed E-state index contributed by atoms with van der Waals surface area (Å²) in [5.74, 6) is 2.40. The number of amides is 1. The number of halogens is 2. The van der Waals surface area contributed by atoms with Gasteiger partial charge >= 0.3 is 0 Å². The van der Waals surface area contributed by atoms with E-state index in [1.54, 1.807) is 0 Å². The number of carbonyl (C=O) groups is 1. The molecule has 2 N–H and O–H groups in total. The Labute approximate surface area is 172 Å². The molecule has 1 aromatic rings. The number of rotatable bonds is 4. The van der Waals surface area contributed by atoms with E-state index in [0.717, 1.165) is 30.9 Å². The molecule has 148 valence electrons. The van der Waals surface area contributed by atoms with Crippen molar-refractivity contribution in [3.05, 3.63) is 29.3 Å². The molecule has 0 spiro atoms. The third-order valence-corrected chi connectivity index (χ3v) is 5.74. The second-order valence-corrected chi connectivity index (χ2v) is 7.70. The topological polar surface area (TPSA) is 53.6 Å². The van der Waals surface area contributed by atoms with Crippen LogP contribution in [0.2, 0.25) is 0 Å². The molecule has 2 saturated heterocycles. The minimum atomic E-state index is -0.291. The van der Waals surface area contributed by atoms with Crippen molar-refractivity contribution < 1.29 is 9.53 Å². The molecule has 5 nitrogen and oxygen atoms in total. The molecule has 1 aromatic carbocycles. The lowest BCUT2D eigenvalue weighted by atomic mass is 10.0. The van der Waals surface area contributed by atoms with Gasteiger partial charge in [0.15, 0.2) is 0 Å². The molecule has 2 aliphatic rings. The van der Waals surface area contributed by atoms with E-state index >= 15 is 0 Å². The first kappa shape index (κ1) is 23.5. The Balaban J connectivity index is 0.00000169. The van der Waals surface area contributed by atoms with Crippen molar-refractivity contribution in [2.45, 2.75) is 32.5 Å². The first-order chi connectivity index (χ1) is 11.6. The van der Waals surface area contributed by atoms with E-state index in [9.17, 15) is 4.79 Å². The zero-order valence-corrected chi connectivity index (χ0v) is 17.8. The highest BCUT2D eigenvalue weighted by Gasteiger charge is 2.28. The van der Waals surface area contributed by atoms with Gasteiger partial charge in [0.25, 0.3) is 0 Å². The lowest BCUT2D eigenvalue weighted by Crippen LogP contribution is -2.53. The summed E-state index contributed by atoms with van der Waals surface area (Å²) in [6.07, 6.45) is -0.104.